The van der Waals surface area contributed by atoms with Crippen molar-refractivity contribution in [2.75, 3.05) is 0 Å². The van der Waals surface area contributed by atoms with E-state index in [0.29, 0.717) is 6.29 Å². The molecule has 3 heteroatoms. The number of nitrogens with two attached hydrogens (primary N) is 1. The summed E-state index contributed by atoms with van der Waals surface area (Å²) >= 11 is 0. The number of rotatable bonds is 2. The van der Waals surface area contributed by atoms with Gasteiger partial charge < -0.3 is 10.8 Å². The molecule has 0 aromatic rings. The average Bonchev–Trinajstić information content (AvgIpc) is 1.83. The molecule has 0 saturated heterocycles. The molecule has 0 aliphatic carbocycles. The van der Waals surface area contributed by atoms with E-state index in [1.165, 1.54) is 18.4 Å². The number of allylic oxidation sites excluding steroid dienone is 3. The van der Waals surface area contributed by atoms with E-state index in [-0.39, 0.29) is 5.76 Å². The van der Waals surface area contributed by atoms with Crippen molar-refractivity contribution in [3.63, 3.8) is 0 Å². The fraction of sp³-hybridized carbons (Fsp3) is 0. The number of carbonyl (C=O) groups is 1. The second-order valence-corrected chi connectivity index (χ2v) is 1.09. The summed E-state index contributed by atoms with van der Waals surface area (Å²) in [5.41, 5.74) is 4.88. The smallest absolute Gasteiger partial charge is 0.184 e. The molecule has 0 radical (unpaired) electrons. The molecule has 8 heavy (non-hydrogen) atoms. The zero-order valence-electron chi connectivity index (χ0n) is 4.24. The van der Waals surface area contributed by atoms with E-state index >= 15 is 0 Å². The molecule has 3 N–H and O–H groups in total. The lowest BCUT2D eigenvalue weighted by molar-refractivity contribution is -0.106. The van der Waals surface area contributed by atoms with Crippen LogP contribution in [0.1, 0.15) is 0 Å². The molecule has 0 aliphatic heterocycles. The summed E-state index contributed by atoms with van der Waals surface area (Å²) in [7, 11) is 0. The van der Waals surface area contributed by atoms with Crippen molar-refractivity contribution in [2.24, 2.45) is 5.73 Å². The first-order chi connectivity index (χ1) is 3.81. The van der Waals surface area contributed by atoms with Crippen molar-refractivity contribution in [1.29, 1.82) is 0 Å². The molecule has 0 atom stereocenters. The van der Waals surface area contributed by atoms with Crippen molar-refractivity contribution < 1.29 is 9.90 Å². The Labute approximate surface area is 47.1 Å². The van der Waals surface area contributed by atoms with Crippen molar-refractivity contribution in [2.45, 2.75) is 0 Å². The normalized spacial score (nSPS) is 12.2. The minimum absolute atomic E-state index is 0.327. The second kappa shape index (κ2) is 3.92. The molecule has 0 saturated carbocycles. The third-order valence-corrected chi connectivity index (χ3v) is 0.499. The summed E-state index contributed by atoms with van der Waals surface area (Å²) in [4.78, 5) is 9.62. The van der Waals surface area contributed by atoms with E-state index in [1.807, 2.05) is 0 Å². The molecule has 0 unspecified atom stereocenters. The van der Waals surface area contributed by atoms with Crippen LogP contribution in [0.3, 0.4) is 0 Å². The van der Waals surface area contributed by atoms with Crippen LogP contribution >= 0.6 is 0 Å². The van der Waals surface area contributed by atoms with Gasteiger partial charge in [-0.15, -0.1) is 0 Å². The van der Waals surface area contributed by atoms with Gasteiger partial charge in [-0.05, 0) is 18.4 Å². The fourth-order valence-electron chi connectivity index (χ4n) is 0.193. The van der Waals surface area contributed by atoms with E-state index in [2.05, 4.69) is 0 Å². The minimum atomic E-state index is -0.327. The first kappa shape index (κ1) is 6.75. The number of hydrogen-bond donors (Lipinski definition) is 2. The van der Waals surface area contributed by atoms with E-state index in [4.69, 9.17) is 10.8 Å². The van der Waals surface area contributed by atoms with Crippen molar-refractivity contribution in [1.82, 2.24) is 0 Å². The van der Waals surface area contributed by atoms with Gasteiger partial charge in [0, 0.05) is 0 Å². The third kappa shape index (κ3) is 2.96. The van der Waals surface area contributed by atoms with E-state index < -0.39 is 0 Å². The van der Waals surface area contributed by atoms with Crippen molar-refractivity contribution >= 4 is 6.29 Å². The summed E-state index contributed by atoms with van der Waals surface area (Å²) in [6.07, 6.45) is 4.12. The monoisotopic (exact) mass is 113 g/mol. The van der Waals surface area contributed by atoms with Gasteiger partial charge >= 0.3 is 0 Å². The Kier molecular flexibility index (Phi) is 3.31. The summed E-state index contributed by atoms with van der Waals surface area (Å²) in [6.45, 7) is 0. The van der Waals surface area contributed by atoms with Crippen LogP contribution in [0.5, 0.6) is 0 Å². The van der Waals surface area contributed by atoms with Crippen LogP contribution in [0.15, 0.2) is 24.1 Å². The van der Waals surface area contributed by atoms with Gasteiger partial charge in [0.15, 0.2) is 12.0 Å². The molecule has 0 heterocycles. The summed E-state index contributed by atoms with van der Waals surface area (Å²) in [6, 6.07) is 0. The number of aliphatic hydroxyl groups excluding tert-OH is 1. The molecule has 0 rings (SSSR count). The molecule has 0 aromatic heterocycles. The van der Waals surface area contributed by atoms with E-state index in [1.54, 1.807) is 0 Å². The highest BCUT2D eigenvalue weighted by Crippen LogP contribution is 1.79. The Hall–Kier alpha value is -1.25. The lowest BCUT2D eigenvalue weighted by Crippen LogP contribution is -1.79. The largest absolute Gasteiger partial charge is 0.505 e. The molecular formula is C5H7NO2. The van der Waals surface area contributed by atoms with Crippen LogP contribution in [0.2, 0.25) is 0 Å². The predicted molar refractivity (Wildman–Crippen MR) is 30.1 cm³/mol. The minimum Gasteiger partial charge on any atom is -0.505 e. The number of aliphatic hydroxyl groups is 1. The number of hydrogen-bond acceptors (Lipinski definition) is 3. The molecule has 0 spiro atoms. The quantitative estimate of drug-likeness (QED) is 0.231. The average molecular weight is 113 g/mol. The Balaban J connectivity index is 3.74. The Bertz CT molecular complexity index is 126. The SMILES string of the molecule is NC=CC=C(O)C=O. The zero-order chi connectivity index (χ0) is 6.41. The lowest BCUT2D eigenvalue weighted by atomic mass is 10.4. The van der Waals surface area contributed by atoms with Crippen LogP contribution in [-0.4, -0.2) is 11.4 Å². The summed E-state index contributed by atoms with van der Waals surface area (Å²) in [5.74, 6) is -0.327. The lowest BCUT2D eigenvalue weighted by Gasteiger charge is -1.77. The first-order valence-electron chi connectivity index (χ1n) is 2.04. The van der Waals surface area contributed by atoms with Crippen LogP contribution < -0.4 is 5.73 Å². The van der Waals surface area contributed by atoms with Gasteiger partial charge in [-0.1, -0.05) is 0 Å². The Morgan fingerprint density at radius 2 is 2.25 bits per heavy atom. The van der Waals surface area contributed by atoms with Gasteiger partial charge in [0.25, 0.3) is 0 Å². The van der Waals surface area contributed by atoms with Gasteiger partial charge in [-0.3, -0.25) is 4.79 Å². The number of carbonyl (C=O) groups excluding carboxylic acids is 1. The topological polar surface area (TPSA) is 63.3 Å². The van der Waals surface area contributed by atoms with Gasteiger partial charge in [-0.2, -0.15) is 0 Å². The third-order valence-electron chi connectivity index (χ3n) is 0.499. The maximum Gasteiger partial charge on any atom is 0.184 e. The van der Waals surface area contributed by atoms with Gasteiger partial charge in [0.05, 0.1) is 0 Å². The standard InChI is InChI=1S/C5H7NO2/c6-3-1-2-5(8)4-7/h1-4,8H,6H2. The highest BCUT2D eigenvalue weighted by molar-refractivity contribution is 5.69. The van der Waals surface area contributed by atoms with Gasteiger partial charge in [-0.25, -0.2) is 0 Å². The first-order valence-corrected chi connectivity index (χ1v) is 2.04. The van der Waals surface area contributed by atoms with Crippen LogP contribution in [0.25, 0.3) is 0 Å². The molecule has 0 bridgehead atoms. The molecule has 44 valence electrons. The highest BCUT2D eigenvalue weighted by Gasteiger charge is 1.78. The molecule has 0 aromatic carbocycles. The van der Waals surface area contributed by atoms with Gasteiger partial charge in [0.1, 0.15) is 0 Å². The Morgan fingerprint density at radius 1 is 1.62 bits per heavy atom. The van der Waals surface area contributed by atoms with Crippen LogP contribution in [0.4, 0.5) is 0 Å². The van der Waals surface area contributed by atoms with Crippen LogP contribution in [-0.2, 0) is 4.79 Å². The summed E-state index contributed by atoms with van der Waals surface area (Å²) < 4.78 is 0. The summed E-state index contributed by atoms with van der Waals surface area (Å²) in [5, 5.41) is 8.38. The molecule has 0 fully saturated rings. The Morgan fingerprint density at radius 3 is 2.62 bits per heavy atom. The zero-order valence-corrected chi connectivity index (χ0v) is 4.24. The molecule has 0 aliphatic rings. The predicted octanol–water partition coefficient (Wildman–Crippen LogP) is 0.0996. The van der Waals surface area contributed by atoms with Crippen molar-refractivity contribution in [3.8, 4) is 0 Å². The molecule has 0 amide bonds. The maximum atomic E-state index is 9.62. The highest BCUT2D eigenvalue weighted by atomic mass is 16.3. The molecular weight excluding hydrogens is 106 g/mol. The number of aldehydes is 1. The second-order valence-electron chi connectivity index (χ2n) is 1.09. The van der Waals surface area contributed by atoms with Crippen molar-refractivity contribution in [3.05, 3.63) is 24.1 Å². The van der Waals surface area contributed by atoms with E-state index in [9.17, 15) is 4.79 Å². The fourth-order valence-corrected chi connectivity index (χ4v) is 0.193. The van der Waals surface area contributed by atoms with E-state index in [0.717, 1.165) is 0 Å². The van der Waals surface area contributed by atoms with Gasteiger partial charge in [0.2, 0.25) is 0 Å². The molecule has 3 nitrogen and oxygen atoms in total. The van der Waals surface area contributed by atoms with Crippen LogP contribution in [0, 0.1) is 0 Å². The maximum absolute atomic E-state index is 9.62.